The maximum Gasteiger partial charge on any atom is 0.220 e. The molecule has 16 heavy (non-hydrogen) atoms. The molecular weight excluding hydrogens is 224 g/mol. The van der Waals surface area contributed by atoms with E-state index in [4.69, 9.17) is 5.73 Å². The first-order valence-electron chi connectivity index (χ1n) is 5.67. The molecule has 0 saturated heterocycles. The fourth-order valence-electron chi connectivity index (χ4n) is 2.07. The minimum absolute atomic E-state index is 0. The largest absolute Gasteiger partial charge is 0.351 e. The molecule has 4 heteroatoms. The van der Waals surface area contributed by atoms with Crippen molar-refractivity contribution >= 4 is 18.3 Å². The van der Waals surface area contributed by atoms with Gasteiger partial charge in [-0.15, -0.1) is 12.4 Å². The molecular formula is C12H27ClN2O. The van der Waals surface area contributed by atoms with Gasteiger partial charge >= 0.3 is 0 Å². The van der Waals surface area contributed by atoms with Gasteiger partial charge in [0.25, 0.3) is 0 Å². The van der Waals surface area contributed by atoms with Crippen LogP contribution in [0.25, 0.3) is 0 Å². The standard InChI is InChI=1S/C12H26N2O.ClH/c1-11(2,3)9-12(4,5)14-10(15)7-6-8-13;/h6-9,13H2,1-5H3,(H,14,15);1H. The van der Waals surface area contributed by atoms with Crippen molar-refractivity contribution in [2.75, 3.05) is 6.54 Å². The summed E-state index contributed by atoms with van der Waals surface area (Å²) < 4.78 is 0. The Morgan fingerprint density at radius 2 is 1.69 bits per heavy atom. The number of hydrogen-bond acceptors (Lipinski definition) is 2. The van der Waals surface area contributed by atoms with Crippen molar-refractivity contribution in [1.82, 2.24) is 5.32 Å². The smallest absolute Gasteiger partial charge is 0.220 e. The van der Waals surface area contributed by atoms with Crippen molar-refractivity contribution < 1.29 is 4.79 Å². The molecule has 3 nitrogen and oxygen atoms in total. The lowest BCUT2D eigenvalue weighted by molar-refractivity contribution is -0.123. The number of amides is 1. The summed E-state index contributed by atoms with van der Waals surface area (Å²) in [7, 11) is 0. The molecule has 0 rings (SSSR count). The molecule has 0 atom stereocenters. The molecule has 0 aliphatic rings. The van der Waals surface area contributed by atoms with Gasteiger partial charge in [0.05, 0.1) is 0 Å². The summed E-state index contributed by atoms with van der Waals surface area (Å²) in [5.41, 5.74) is 5.45. The van der Waals surface area contributed by atoms with Crippen LogP contribution < -0.4 is 11.1 Å². The normalized spacial score (nSPS) is 11.9. The monoisotopic (exact) mass is 250 g/mol. The predicted octanol–water partition coefficient (Wildman–Crippen LogP) is 2.48. The molecule has 0 heterocycles. The maximum absolute atomic E-state index is 11.5. The average Bonchev–Trinajstić information content (AvgIpc) is 1.94. The Morgan fingerprint density at radius 1 is 1.19 bits per heavy atom. The molecule has 0 saturated carbocycles. The van der Waals surface area contributed by atoms with Gasteiger partial charge in [0, 0.05) is 12.0 Å². The molecule has 0 aromatic heterocycles. The van der Waals surface area contributed by atoms with Crippen molar-refractivity contribution in [2.24, 2.45) is 11.1 Å². The van der Waals surface area contributed by atoms with Gasteiger partial charge in [-0.25, -0.2) is 0 Å². The van der Waals surface area contributed by atoms with Gasteiger partial charge in [0.1, 0.15) is 0 Å². The number of hydrogen-bond donors (Lipinski definition) is 2. The van der Waals surface area contributed by atoms with E-state index >= 15 is 0 Å². The molecule has 0 aliphatic heterocycles. The van der Waals surface area contributed by atoms with Crippen LogP contribution >= 0.6 is 12.4 Å². The Morgan fingerprint density at radius 3 is 2.06 bits per heavy atom. The van der Waals surface area contributed by atoms with Gasteiger partial charge in [-0.2, -0.15) is 0 Å². The Labute approximate surface area is 106 Å². The second-order valence-corrected chi connectivity index (χ2v) is 6.06. The molecule has 0 aromatic rings. The Bertz CT molecular complexity index is 210. The number of nitrogens with two attached hydrogens (primary N) is 1. The van der Waals surface area contributed by atoms with Crippen molar-refractivity contribution in [3.8, 4) is 0 Å². The SMILES string of the molecule is CC(C)(C)CC(C)(C)NC(=O)CCCN.Cl. The highest BCUT2D eigenvalue weighted by Crippen LogP contribution is 2.26. The van der Waals surface area contributed by atoms with E-state index in [-0.39, 0.29) is 29.3 Å². The third-order valence-corrected chi connectivity index (χ3v) is 2.06. The molecule has 0 radical (unpaired) electrons. The lowest BCUT2D eigenvalue weighted by Gasteiger charge is -2.33. The minimum Gasteiger partial charge on any atom is -0.351 e. The van der Waals surface area contributed by atoms with Gasteiger partial charge in [0.15, 0.2) is 0 Å². The first-order chi connectivity index (χ1) is 6.66. The van der Waals surface area contributed by atoms with Crippen LogP contribution in [0, 0.1) is 5.41 Å². The predicted molar refractivity (Wildman–Crippen MR) is 71.8 cm³/mol. The minimum atomic E-state index is -0.135. The zero-order chi connectivity index (χ0) is 12.1. The first-order valence-corrected chi connectivity index (χ1v) is 5.67. The van der Waals surface area contributed by atoms with E-state index in [1.807, 2.05) is 0 Å². The first kappa shape index (κ1) is 18.1. The van der Waals surface area contributed by atoms with Crippen LogP contribution in [0.4, 0.5) is 0 Å². The number of rotatable bonds is 5. The third-order valence-electron chi connectivity index (χ3n) is 2.06. The summed E-state index contributed by atoms with van der Waals surface area (Å²) in [5, 5.41) is 3.05. The molecule has 0 fully saturated rings. The maximum atomic E-state index is 11.5. The van der Waals surface area contributed by atoms with Crippen LogP contribution in [-0.4, -0.2) is 18.0 Å². The van der Waals surface area contributed by atoms with E-state index in [1.54, 1.807) is 0 Å². The quantitative estimate of drug-likeness (QED) is 0.788. The molecule has 98 valence electrons. The lowest BCUT2D eigenvalue weighted by atomic mass is 9.82. The average molecular weight is 251 g/mol. The van der Waals surface area contributed by atoms with Crippen molar-refractivity contribution in [3.05, 3.63) is 0 Å². The van der Waals surface area contributed by atoms with Crippen LogP contribution in [-0.2, 0) is 4.79 Å². The number of carbonyl (C=O) groups is 1. The van der Waals surface area contributed by atoms with E-state index in [1.165, 1.54) is 0 Å². The zero-order valence-electron chi connectivity index (χ0n) is 11.2. The van der Waals surface area contributed by atoms with Crippen LogP contribution in [0.3, 0.4) is 0 Å². The van der Waals surface area contributed by atoms with E-state index in [0.717, 1.165) is 12.8 Å². The van der Waals surface area contributed by atoms with Crippen LogP contribution in [0.5, 0.6) is 0 Å². The molecule has 1 amide bonds. The van der Waals surface area contributed by atoms with Crippen molar-refractivity contribution in [3.63, 3.8) is 0 Å². The highest BCUT2D eigenvalue weighted by atomic mass is 35.5. The van der Waals surface area contributed by atoms with Gasteiger partial charge in [-0.1, -0.05) is 20.8 Å². The molecule has 0 aliphatic carbocycles. The molecule has 0 unspecified atom stereocenters. The Hall–Kier alpha value is -0.280. The van der Waals surface area contributed by atoms with E-state index in [2.05, 4.69) is 39.9 Å². The molecule has 3 N–H and O–H groups in total. The van der Waals surface area contributed by atoms with Crippen LogP contribution in [0.15, 0.2) is 0 Å². The second-order valence-electron chi connectivity index (χ2n) is 6.06. The van der Waals surface area contributed by atoms with Gasteiger partial charge < -0.3 is 11.1 Å². The topological polar surface area (TPSA) is 55.1 Å². The molecule has 0 bridgehead atoms. The highest BCUT2D eigenvalue weighted by Gasteiger charge is 2.26. The Balaban J connectivity index is 0. The highest BCUT2D eigenvalue weighted by molar-refractivity contribution is 5.85. The summed E-state index contributed by atoms with van der Waals surface area (Å²) >= 11 is 0. The Kier molecular flexibility index (Phi) is 8.06. The number of nitrogens with one attached hydrogen (secondary N) is 1. The summed E-state index contributed by atoms with van der Waals surface area (Å²) in [4.78, 5) is 11.5. The molecule has 0 aromatic carbocycles. The van der Waals surface area contributed by atoms with Gasteiger partial charge in [-0.3, -0.25) is 4.79 Å². The summed E-state index contributed by atoms with van der Waals surface area (Å²) in [6.07, 6.45) is 2.26. The van der Waals surface area contributed by atoms with Crippen molar-refractivity contribution in [2.45, 2.75) is 59.4 Å². The van der Waals surface area contributed by atoms with Crippen LogP contribution in [0.2, 0.25) is 0 Å². The van der Waals surface area contributed by atoms with Gasteiger partial charge in [-0.05, 0) is 38.6 Å². The fraction of sp³-hybridized carbons (Fsp3) is 0.917. The summed E-state index contributed by atoms with van der Waals surface area (Å²) in [5.74, 6) is 0.106. The molecule has 0 spiro atoms. The van der Waals surface area contributed by atoms with E-state index in [0.29, 0.717) is 13.0 Å². The zero-order valence-corrected chi connectivity index (χ0v) is 12.0. The van der Waals surface area contributed by atoms with Crippen LogP contribution in [0.1, 0.15) is 53.9 Å². The van der Waals surface area contributed by atoms with E-state index < -0.39 is 0 Å². The summed E-state index contributed by atoms with van der Waals surface area (Å²) in [6, 6.07) is 0. The van der Waals surface area contributed by atoms with E-state index in [9.17, 15) is 4.79 Å². The second kappa shape index (κ2) is 7.13. The lowest BCUT2D eigenvalue weighted by Crippen LogP contribution is -2.45. The number of carbonyl (C=O) groups excluding carboxylic acids is 1. The summed E-state index contributed by atoms with van der Waals surface area (Å²) in [6.45, 7) is 11.3. The number of halogens is 1. The fourth-order valence-corrected chi connectivity index (χ4v) is 2.07. The third kappa shape index (κ3) is 10.2. The van der Waals surface area contributed by atoms with Gasteiger partial charge in [0.2, 0.25) is 5.91 Å². The van der Waals surface area contributed by atoms with Crippen molar-refractivity contribution in [1.29, 1.82) is 0 Å².